The molecule has 0 saturated heterocycles. The van der Waals surface area contributed by atoms with E-state index in [9.17, 15) is 4.79 Å². The van der Waals surface area contributed by atoms with Crippen LogP contribution in [-0.4, -0.2) is 29.9 Å². The number of amides is 1. The molecule has 18 heavy (non-hydrogen) atoms. The maximum Gasteiger partial charge on any atom is 0.227 e. The van der Waals surface area contributed by atoms with Gasteiger partial charge in [-0.25, -0.2) is 0 Å². The zero-order valence-electron chi connectivity index (χ0n) is 11.7. The van der Waals surface area contributed by atoms with Crippen molar-refractivity contribution in [2.24, 2.45) is 17.6 Å². The monoisotopic (exact) mass is 252 g/mol. The van der Waals surface area contributed by atoms with Crippen LogP contribution in [0.1, 0.15) is 58.3 Å². The van der Waals surface area contributed by atoms with Crippen LogP contribution in [0.3, 0.4) is 0 Å². The van der Waals surface area contributed by atoms with Crippen molar-refractivity contribution in [3.8, 4) is 0 Å². The Morgan fingerprint density at radius 2 is 1.89 bits per heavy atom. The lowest BCUT2D eigenvalue weighted by molar-refractivity contribution is -0.136. The van der Waals surface area contributed by atoms with E-state index >= 15 is 0 Å². The van der Waals surface area contributed by atoms with Crippen LogP contribution in [0, 0.1) is 11.8 Å². The Kier molecular flexibility index (Phi) is 5.04. The molecule has 2 atom stereocenters. The fourth-order valence-electron chi connectivity index (χ4n) is 3.05. The van der Waals surface area contributed by atoms with Crippen molar-refractivity contribution in [1.29, 1.82) is 0 Å². The summed E-state index contributed by atoms with van der Waals surface area (Å²) < 4.78 is 0. The Morgan fingerprint density at radius 1 is 1.17 bits per heavy atom. The molecule has 0 spiro atoms. The highest BCUT2D eigenvalue weighted by atomic mass is 16.2. The first-order valence-corrected chi connectivity index (χ1v) is 7.76. The Bertz CT molecular complexity index is 276. The molecule has 2 aliphatic rings. The predicted molar refractivity (Wildman–Crippen MR) is 74.1 cm³/mol. The van der Waals surface area contributed by atoms with Gasteiger partial charge in [-0.2, -0.15) is 0 Å². The van der Waals surface area contributed by atoms with Gasteiger partial charge in [0.05, 0.1) is 5.92 Å². The number of carbonyl (C=O) groups excluding carboxylic acids is 1. The van der Waals surface area contributed by atoms with Crippen molar-refractivity contribution < 1.29 is 4.79 Å². The molecule has 0 aromatic carbocycles. The van der Waals surface area contributed by atoms with E-state index in [0.29, 0.717) is 5.91 Å². The van der Waals surface area contributed by atoms with Crippen LogP contribution in [0.15, 0.2) is 0 Å². The molecule has 0 aromatic rings. The first-order valence-electron chi connectivity index (χ1n) is 7.76. The first-order chi connectivity index (χ1) is 8.72. The zero-order chi connectivity index (χ0) is 13.0. The second-order valence-electron chi connectivity index (χ2n) is 6.14. The van der Waals surface area contributed by atoms with Crippen LogP contribution in [0.25, 0.3) is 0 Å². The summed E-state index contributed by atoms with van der Waals surface area (Å²) >= 11 is 0. The summed E-state index contributed by atoms with van der Waals surface area (Å²) in [6.45, 7) is 4.05. The lowest BCUT2D eigenvalue weighted by Gasteiger charge is -2.29. The van der Waals surface area contributed by atoms with E-state index < -0.39 is 0 Å². The quantitative estimate of drug-likeness (QED) is 0.764. The molecule has 2 fully saturated rings. The molecule has 0 bridgehead atoms. The minimum Gasteiger partial charge on any atom is -0.342 e. The number of hydrogen-bond donors (Lipinski definition) is 1. The van der Waals surface area contributed by atoms with Crippen LogP contribution in [0.2, 0.25) is 0 Å². The normalized spacial score (nSPS) is 28.8. The van der Waals surface area contributed by atoms with Gasteiger partial charge in [-0.1, -0.05) is 26.2 Å². The molecule has 2 unspecified atom stereocenters. The second kappa shape index (κ2) is 6.55. The van der Waals surface area contributed by atoms with Gasteiger partial charge in [0.2, 0.25) is 5.91 Å². The van der Waals surface area contributed by atoms with Crippen LogP contribution < -0.4 is 5.73 Å². The summed E-state index contributed by atoms with van der Waals surface area (Å²) in [5, 5.41) is 0. The molecule has 0 aromatic heterocycles. The SMILES string of the molecule is CCCN(CC1CC1)C(=O)C1CCCCCC1N. The van der Waals surface area contributed by atoms with Gasteiger partial charge in [0, 0.05) is 19.1 Å². The standard InChI is InChI=1S/C15H28N2O/c1-2-10-17(11-12-8-9-12)15(18)13-6-4-3-5-7-14(13)16/h12-14H,2-11,16H2,1H3. The number of carbonyl (C=O) groups is 1. The second-order valence-corrected chi connectivity index (χ2v) is 6.14. The fraction of sp³-hybridized carbons (Fsp3) is 0.933. The van der Waals surface area contributed by atoms with E-state index in [1.165, 1.54) is 32.1 Å². The molecule has 1 amide bonds. The summed E-state index contributed by atoms with van der Waals surface area (Å²) in [6, 6.07) is 0.0959. The zero-order valence-corrected chi connectivity index (χ0v) is 11.7. The lowest BCUT2D eigenvalue weighted by Crippen LogP contribution is -2.44. The van der Waals surface area contributed by atoms with E-state index in [2.05, 4.69) is 11.8 Å². The van der Waals surface area contributed by atoms with Crippen molar-refractivity contribution in [3.05, 3.63) is 0 Å². The van der Waals surface area contributed by atoms with Gasteiger partial charge >= 0.3 is 0 Å². The Balaban J connectivity index is 1.95. The predicted octanol–water partition coefficient (Wildman–Crippen LogP) is 2.54. The topological polar surface area (TPSA) is 46.3 Å². The third-order valence-electron chi connectivity index (χ3n) is 4.37. The third-order valence-corrected chi connectivity index (χ3v) is 4.37. The Morgan fingerprint density at radius 3 is 2.56 bits per heavy atom. The van der Waals surface area contributed by atoms with Crippen molar-refractivity contribution >= 4 is 5.91 Å². The van der Waals surface area contributed by atoms with Gasteiger partial charge in [0.15, 0.2) is 0 Å². The van der Waals surface area contributed by atoms with Crippen molar-refractivity contribution in [1.82, 2.24) is 4.90 Å². The van der Waals surface area contributed by atoms with Crippen LogP contribution >= 0.6 is 0 Å². The summed E-state index contributed by atoms with van der Waals surface area (Å²) in [7, 11) is 0. The van der Waals surface area contributed by atoms with Gasteiger partial charge in [-0.15, -0.1) is 0 Å². The molecule has 0 radical (unpaired) electrons. The van der Waals surface area contributed by atoms with E-state index in [4.69, 9.17) is 5.73 Å². The first kappa shape index (κ1) is 13.9. The minimum absolute atomic E-state index is 0.0952. The van der Waals surface area contributed by atoms with Crippen molar-refractivity contribution in [3.63, 3.8) is 0 Å². The van der Waals surface area contributed by atoms with E-state index in [0.717, 1.165) is 38.3 Å². The van der Waals surface area contributed by atoms with Crippen LogP contribution in [-0.2, 0) is 4.79 Å². The Hall–Kier alpha value is -0.570. The molecule has 2 aliphatic carbocycles. The Labute approximate surface area is 111 Å². The van der Waals surface area contributed by atoms with Crippen LogP contribution in [0.4, 0.5) is 0 Å². The van der Waals surface area contributed by atoms with Crippen molar-refractivity contribution in [2.45, 2.75) is 64.3 Å². The number of nitrogens with two attached hydrogens (primary N) is 1. The number of rotatable bonds is 5. The average molecular weight is 252 g/mol. The molecule has 104 valence electrons. The highest BCUT2D eigenvalue weighted by Gasteiger charge is 2.33. The fourth-order valence-corrected chi connectivity index (χ4v) is 3.05. The van der Waals surface area contributed by atoms with E-state index in [-0.39, 0.29) is 12.0 Å². The molecule has 2 N–H and O–H groups in total. The molecule has 3 heteroatoms. The van der Waals surface area contributed by atoms with Gasteiger partial charge < -0.3 is 10.6 Å². The third kappa shape index (κ3) is 3.71. The summed E-state index contributed by atoms with van der Waals surface area (Å²) in [4.78, 5) is 14.8. The molecule has 0 aliphatic heterocycles. The maximum absolute atomic E-state index is 12.7. The van der Waals surface area contributed by atoms with Crippen molar-refractivity contribution in [2.75, 3.05) is 13.1 Å². The molecular formula is C15H28N2O. The molecule has 0 heterocycles. The lowest BCUT2D eigenvalue weighted by atomic mass is 9.93. The molecule has 3 nitrogen and oxygen atoms in total. The number of hydrogen-bond acceptors (Lipinski definition) is 2. The van der Waals surface area contributed by atoms with E-state index in [1.807, 2.05) is 0 Å². The minimum atomic E-state index is 0.0952. The summed E-state index contributed by atoms with van der Waals surface area (Å²) in [5.74, 6) is 1.22. The molecule has 2 rings (SSSR count). The highest BCUT2D eigenvalue weighted by molar-refractivity contribution is 5.79. The van der Waals surface area contributed by atoms with Crippen LogP contribution in [0.5, 0.6) is 0 Å². The smallest absolute Gasteiger partial charge is 0.227 e. The largest absolute Gasteiger partial charge is 0.342 e. The molecule has 2 saturated carbocycles. The highest BCUT2D eigenvalue weighted by Crippen LogP contribution is 2.31. The summed E-state index contributed by atoms with van der Waals surface area (Å²) in [5.41, 5.74) is 6.21. The van der Waals surface area contributed by atoms with Gasteiger partial charge in [-0.3, -0.25) is 4.79 Å². The van der Waals surface area contributed by atoms with Gasteiger partial charge in [-0.05, 0) is 38.0 Å². The molecular weight excluding hydrogens is 224 g/mol. The van der Waals surface area contributed by atoms with Gasteiger partial charge in [0.1, 0.15) is 0 Å². The number of nitrogens with zero attached hydrogens (tertiary/aromatic N) is 1. The average Bonchev–Trinajstić information content (AvgIpc) is 3.16. The van der Waals surface area contributed by atoms with E-state index in [1.54, 1.807) is 0 Å². The van der Waals surface area contributed by atoms with Gasteiger partial charge in [0.25, 0.3) is 0 Å². The summed E-state index contributed by atoms with van der Waals surface area (Å²) in [6.07, 6.45) is 9.32. The maximum atomic E-state index is 12.7.